The fourth-order valence-corrected chi connectivity index (χ4v) is 8.32. The van der Waals surface area contributed by atoms with Gasteiger partial charge in [-0.2, -0.15) is 0 Å². The van der Waals surface area contributed by atoms with Gasteiger partial charge in [0.25, 0.3) is 0 Å². The first kappa shape index (κ1) is 33.6. The van der Waals surface area contributed by atoms with Crippen LogP contribution in [0.2, 0.25) is 0 Å². The van der Waals surface area contributed by atoms with Crippen LogP contribution in [0.25, 0.3) is 111 Å². The number of fused-ring (bicyclic) bond motifs is 4. The Hall–Kier alpha value is -7.75. The molecule has 0 aliphatic heterocycles. The summed E-state index contributed by atoms with van der Waals surface area (Å²) in [7, 11) is 0. The van der Waals surface area contributed by atoms with E-state index in [9.17, 15) is 0 Å². The number of aromatic nitrogens is 3. The molecule has 0 radical (unpaired) electrons. The summed E-state index contributed by atoms with van der Waals surface area (Å²) in [6, 6.07) is 75.2. The predicted molar refractivity (Wildman–Crippen MR) is 242 cm³/mol. The van der Waals surface area contributed by atoms with Crippen molar-refractivity contribution in [1.29, 1.82) is 0 Å². The van der Waals surface area contributed by atoms with Crippen LogP contribution in [0, 0.1) is 0 Å². The minimum Gasteiger partial charge on any atom is -0.248 e. The molecular formula is C55H35N3. The Morgan fingerprint density at radius 1 is 0.259 bits per heavy atom. The lowest BCUT2D eigenvalue weighted by molar-refractivity contribution is 1.19. The molecule has 0 aliphatic rings. The first-order valence-corrected chi connectivity index (χ1v) is 19.7. The van der Waals surface area contributed by atoms with Gasteiger partial charge in [-0.05, 0) is 79.7 Å². The predicted octanol–water partition coefficient (Wildman–Crippen LogP) is 14.5. The van der Waals surface area contributed by atoms with Crippen molar-refractivity contribution in [1.82, 2.24) is 15.0 Å². The van der Waals surface area contributed by atoms with E-state index in [1.54, 1.807) is 0 Å². The van der Waals surface area contributed by atoms with Crippen molar-refractivity contribution < 1.29 is 0 Å². The molecule has 58 heavy (non-hydrogen) atoms. The first-order valence-electron chi connectivity index (χ1n) is 19.7. The smallest absolute Gasteiger partial charge is 0.160 e. The van der Waals surface area contributed by atoms with E-state index in [4.69, 9.17) is 15.0 Å². The molecule has 9 aromatic carbocycles. The summed E-state index contributed by atoms with van der Waals surface area (Å²) < 4.78 is 0. The van der Waals surface area contributed by atoms with Crippen LogP contribution >= 0.6 is 0 Å². The van der Waals surface area contributed by atoms with Gasteiger partial charge in [-0.1, -0.05) is 182 Å². The Labute approximate surface area is 336 Å². The Morgan fingerprint density at radius 3 is 1.48 bits per heavy atom. The van der Waals surface area contributed by atoms with Crippen LogP contribution < -0.4 is 0 Å². The normalized spacial score (nSPS) is 11.4. The summed E-state index contributed by atoms with van der Waals surface area (Å²) in [5.74, 6) is 0.701. The molecule has 2 heterocycles. The molecule has 0 fully saturated rings. The van der Waals surface area contributed by atoms with Crippen LogP contribution in [0.4, 0.5) is 0 Å². The molecule has 0 amide bonds. The third-order valence-corrected chi connectivity index (χ3v) is 11.3. The van der Waals surface area contributed by atoms with E-state index in [0.717, 1.165) is 60.8 Å². The molecular weight excluding hydrogens is 703 g/mol. The summed E-state index contributed by atoms with van der Waals surface area (Å²) in [4.78, 5) is 15.3. The summed E-state index contributed by atoms with van der Waals surface area (Å²) in [5.41, 5.74) is 14.0. The van der Waals surface area contributed by atoms with Crippen molar-refractivity contribution >= 4 is 43.4 Å². The summed E-state index contributed by atoms with van der Waals surface area (Å²) in [6.07, 6.45) is 0. The van der Waals surface area contributed by atoms with Crippen LogP contribution in [0.5, 0.6) is 0 Å². The van der Waals surface area contributed by atoms with Crippen molar-refractivity contribution in [2.75, 3.05) is 0 Å². The Balaban J connectivity index is 0.965. The highest BCUT2D eigenvalue weighted by molar-refractivity contribution is 6.09. The minimum absolute atomic E-state index is 0.701. The maximum absolute atomic E-state index is 5.21. The number of pyridine rings is 1. The van der Waals surface area contributed by atoms with E-state index in [2.05, 4.69) is 206 Å². The van der Waals surface area contributed by atoms with E-state index >= 15 is 0 Å². The molecule has 0 atom stereocenters. The number of para-hydroxylation sites is 2. The van der Waals surface area contributed by atoms with Gasteiger partial charge in [0.05, 0.1) is 22.4 Å². The lowest BCUT2D eigenvalue weighted by atomic mass is 9.94. The highest BCUT2D eigenvalue weighted by atomic mass is 14.9. The van der Waals surface area contributed by atoms with Crippen LogP contribution in [0.15, 0.2) is 212 Å². The monoisotopic (exact) mass is 737 g/mol. The average molecular weight is 738 g/mol. The Morgan fingerprint density at radius 2 is 0.759 bits per heavy atom. The van der Waals surface area contributed by atoms with Crippen LogP contribution in [0.3, 0.4) is 0 Å². The zero-order valence-electron chi connectivity index (χ0n) is 31.5. The lowest BCUT2D eigenvalue weighted by Crippen LogP contribution is -1.96. The maximum atomic E-state index is 5.21. The molecule has 0 saturated carbocycles. The molecule has 270 valence electrons. The van der Waals surface area contributed by atoms with E-state index in [1.165, 1.54) is 44.0 Å². The summed E-state index contributed by atoms with van der Waals surface area (Å²) >= 11 is 0. The van der Waals surface area contributed by atoms with Crippen molar-refractivity contribution in [2.24, 2.45) is 0 Å². The molecule has 11 aromatic rings. The lowest BCUT2D eigenvalue weighted by Gasteiger charge is -2.13. The highest BCUT2D eigenvalue weighted by Gasteiger charge is 2.15. The SMILES string of the molecule is c1ccc(-c2ccc(-c3nc(-c4ccc5cc(-c6ccc(-c7c8ccccc8nc8ccccc78)cc6)ccc5c4)cc(-c4cccc5ccccc45)n3)cc2)cc1. The van der Waals surface area contributed by atoms with Gasteiger partial charge in [-0.3, -0.25) is 0 Å². The van der Waals surface area contributed by atoms with Crippen molar-refractivity contribution in [3.8, 4) is 67.3 Å². The quantitative estimate of drug-likeness (QED) is 0.160. The molecule has 0 saturated heterocycles. The van der Waals surface area contributed by atoms with Crippen molar-refractivity contribution in [2.45, 2.75) is 0 Å². The Bertz CT molecular complexity index is 3260. The number of rotatable bonds is 6. The zero-order valence-corrected chi connectivity index (χ0v) is 31.5. The molecule has 3 heteroatoms. The largest absolute Gasteiger partial charge is 0.248 e. The van der Waals surface area contributed by atoms with Gasteiger partial charge in [0, 0.05) is 33.0 Å². The van der Waals surface area contributed by atoms with Gasteiger partial charge < -0.3 is 0 Å². The van der Waals surface area contributed by atoms with Gasteiger partial charge in [0.15, 0.2) is 5.82 Å². The second-order valence-corrected chi connectivity index (χ2v) is 14.8. The molecule has 2 aromatic heterocycles. The van der Waals surface area contributed by atoms with Gasteiger partial charge >= 0.3 is 0 Å². The first-order chi connectivity index (χ1) is 28.7. The van der Waals surface area contributed by atoms with Gasteiger partial charge in [0.1, 0.15) is 0 Å². The summed E-state index contributed by atoms with van der Waals surface area (Å²) in [5, 5.41) is 7.02. The van der Waals surface area contributed by atoms with Crippen LogP contribution in [-0.2, 0) is 0 Å². The number of nitrogens with zero attached hydrogens (tertiary/aromatic N) is 3. The van der Waals surface area contributed by atoms with Gasteiger partial charge in [-0.25, -0.2) is 15.0 Å². The second-order valence-electron chi connectivity index (χ2n) is 14.8. The zero-order chi connectivity index (χ0) is 38.4. The van der Waals surface area contributed by atoms with Gasteiger partial charge in [-0.15, -0.1) is 0 Å². The van der Waals surface area contributed by atoms with Gasteiger partial charge in [0.2, 0.25) is 0 Å². The van der Waals surface area contributed by atoms with E-state index in [0.29, 0.717) is 5.82 Å². The number of benzene rings is 9. The average Bonchev–Trinajstić information content (AvgIpc) is 3.30. The molecule has 3 nitrogen and oxygen atoms in total. The summed E-state index contributed by atoms with van der Waals surface area (Å²) in [6.45, 7) is 0. The third-order valence-electron chi connectivity index (χ3n) is 11.3. The molecule has 0 N–H and O–H groups in total. The number of hydrogen-bond donors (Lipinski definition) is 0. The van der Waals surface area contributed by atoms with Crippen LogP contribution in [0.1, 0.15) is 0 Å². The minimum atomic E-state index is 0.701. The molecule has 0 spiro atoms. The number of hydrogen-bond acceptors (Lipinski definition) is 3. The highest BCUT2D eigenvalue weighted by Crippen LogP contribution is 2.37. The fourth-order valence-electron chi connectivity index (χ4n) is 8.32. The second kappa shape index (κ2) is 14.1. The van der Waals surface area contributed by atoms with E-state index in [-0.39, 0.29) is 0 Å². The topological polar surface area (TPSA) is 38.7 Å². The fraction of sp³-hybridized carbons (Fsp3) is 0. The third kappa shape index (κ3) is 6.07. The standard InChI is InChI=1S/C55H35N3/c1-2-11-36(12-3-1)37-23-27-41(28-24-37)55-57-52(35-53(58-55)47-18-10-14-39-13-4-5-15-46(39)47)45-32-31-43-33-42(29-30-44(43)34-45)38-21-25-40(26-22-38)54-48-16-6-8-19-50(48)56-51-20-9-7-17-49(51)54/h1-35H. The molecule has 0 unspecified atom stereocenters. The molecule has 0 bridgehead atoms. The van der Waals surface area contributed by atoms with E-state index < -0.39 is 0 Å². The van der Waals surface area contributed by atoms with Crippen molar-refractivity contribution in [3.05, 3.63) is 212 Å². The molecule has 11 rings (SSSR count). The Kier molecular flexibility index (Phi) is 8.15. The van der Waals surface area contributed by atoms with Crippen molar-refractivity contribution in [3.63, 3.8) is 0 Å². The van der Waals surface area contributed by atoms with E-state index in [1.807, 2.05) is 6.07 Å². The molecule has 0 aliphatic carbocycles. The van der Waals surface area contributed by atoms with Crippen LogP contribution in [-0.4, -0.2) is 15.0 Å². The maximum Gasteiger partial charge on any atom is 0.160 e.